The van der Waals surface area contributed by atoms with Crippen LogP contribution >= 0.6 is 0 Å². The number of aryl methyl sites for hydroxylation is 1. The minimum Gasteiger partial charge on any atom is -0.379 e. The normalized spacial score (nSPS) is 26.5. The van der Waals surface area contributed by atoms with E-state index < -0.39 is 6.04 Å². The molecule has 0 aliphatic carbocycles. The maximum absolute atomic E-state index is 13.6. The van der Waals surface area contributed by atoms with Crippen LogP contribution < -0.4 is 4.90 Å². The molecule has 2 fully saturated rings. The molecule has 4 aliphatic rings. The molecule has 4 aliphatic heterocycles. The lowest BCUT2D eigenvalue weighted by atomic mass is 10.1. The number of nitrogens with zero attached hydrogens (tertiary/aromatic N) is 6. The van der Waals surface area contributed by atoms with Crippen molar-refractivity contribution in [2.24, 2.45) is 10.9 Å². The number of rotatable bonds is 4. The summed E-state index contributed by atoms with van der Waals surface area (Å²) in [5.74, 6) is 1.47. The summed E-state index contributed by atoms with van der Waals surface area (Å²) in [6, 6.07) is 7.47. The molecule has 0 saturated carbocycles. The molecule has 170 valence electrons. The summed E-state index contributed by atoms with van der Waals surface area (Å²) in [5.41, 5.74) is 2.23. The quantitative estimate of drug-likeness (QED) is 0.650. The highest BCUT2D eigenvalue weighted by Crippen LogP contribution is 2.28. The molecule has 1 aromatic carbocycles. The summed E-state index contributed by atoms with van der Waals surface area (Å²) < 4.78 is 7.49. The van der Waals surface area contributed by atoms with Crippen LogP contribution in [0.1, 0.15) is 12.5 Å². The number of anilines is 1. The first-order chi connectivity index (χ1) is 15.4. The van der Waals surface area contributed by atoms with Crippen molar-refractivity contribution in [3.05, 3.63) is 29.8 Å². The zero-order chi connectivity index (χ0) is 22.4. The zero-order valence-electron chi connectivity index (χ0n) is 19.0. The molecule has 0 spiro atoms. The Balaban J connectivity index is 1.44. The average molecular weight is 440 g/mol. The molecule has 3 amide bonds. The Morgan fingerprint density at radius 3 is 2.72 bits per heavy atom. The molecule has 2 unspecified atom stereocenters. The van der Waals surface area contributed by atoms with E-state index in [1.54, 1.807) is 11.9 Å². The molecule has 9 heteroatoms. The van der Waals surface area contributed by atoms with Crippen molar-refractivity contribution in [1.29, 1.82) is 0 Å². The van der Waals surface area contributed by atoms with Crippen molar-refractivity contribution in [3.63, 3.8) is 0 Å². The van der Waals surface area contributed by atoms with E-state index in [0.29, 0.717) is 38.1 Å². The molecule has 0 N–H and O–H groups in total. The number of fused-ring (bicyclic) bond motifs is 2. The van der Waals surface area contributed by atoms with Crippen molar-refractivity contribution < 1.29 is 18.9 Å². The van der Waals surface area contributed by atoms with E-state index in [-0.39, 0.29) is 11.9 Å². The van der Waals surface area contributed by atoms with E-state index in [0.717, 1.165) is 37.8 Å². The van der Waals surface area contributed by atoms with E-state index >= 15 is 0 Å². The molecule has 0 bridgehead atoms. The van der Waals surface area contributed by atoms with Gasteiger partial charge in [0.1, 0.15) is 5.69 Å². The molecular formula is C23H31N6O3+. The minimum atomic E-state index is -0.549. The monoisotopic (exact) mass is 439 g/mol. The van der Waals surface area contributed by atoms with Crippen molar-refractivity contribution in [1.82, 2.24) is 14.7 Å². The third-order valence-electron chi connectivity index (χ3n) is 6.69. The van der Waals surface area contributed by atoms with Gasteiger partial charge in [0, 0.05) is 39.1 Å². The lowest BCUT2D eigenvalue weighted by Gasteiger charge is -2.36. The van der Waals surface area contributed by atoms with Crippen LogP contribution in [-0.4, -0.2) is 109 Å². The number of hydrogen-bond donors (Lipinski definition) is 0. The highest BCUT2D eigenvalue weighted by atomic mass is 16.5. The first-order valence-corrected chi connectivity index (χ1v) is 11.4. The number of hydrogen-bond acceptors (Lipinski definition) is 6. The van der Waals surface area contributed by atoms with Gasteiger partial charge in [-0.15, -0.1) is 0 Å². The van der Waals surface area contributed by atoms with Crippen molar-refractivity contribution in [2.45, 2.75) is 19.9 Å². The maximum Gasteiger partial charge on any atom is 0.397 e. The number of morpholine rings is 1. The van der Waals surface area contributed by atoms with Crippen LogP contribution in [0.3, 0.4) is 0 Å². The lowest BCUT2D eigenvalue weighted by Crippen LogP contribution is -2.64. The average Bonchev–Trinajstić information content (AvgIpc) is 3.17. The second-order valence-corrected chi connectivity index (χ2v) is 9.17. The Bertz CT molecular complexity index is 999. The highest BCUT2D eigenvalue weighted by Gasteiger charge is 2.55. The van der Waals surface area contributed by atoms with E-state index in [9.17, 15) is 9.59 Å². The smallest absolute Gasteiger partial charge is 0.379 e. The zero-order valence-corrected chi connectivity index (χ0v) is 19.0. The van der Waals surface area contributed by atoms with Crippen LogP contribution in [0.25, 0.3) is 0 Å². The Kier molecular flexibility index (Phi) is 5.46. The van der Waals surface area contributed by atoms with Crippen LogP contribution in [0, 0.1) is 12.8 Å². The van der Waals surface area contributed by atoms with Gasteiger partial charge >= 0.3 is 12.0 Å². The standard InChI is InChI=1S/C23H31N6O3/c1-16-5-4-6-18(13-16)28-14-17(2)15-29-19-20(24-22(28)29)25(3)23(31)27(21(19)30)8-7-26-9-11-32-12-10-26/h4-6,13,17,19H,7-12,14-15H2,1-3H3/q+1. The Hall–Kier alpha value is -2.78. The number of urea groups is 1. The predicted octanol–water partition coefficient (Wildman–Crippen LogP) is 0.827. The topological polar surface area (TPSA) is 71.7 Å². The predicted molar refractivity (Wildman–Crippen MR) is 121 cm³/mol. The second-order valence-electron chi connectivity index (χ2n) is 9.17. The van der Waals surface area contributed by atoms with E-state index in [1.807, 2.05) is 6.07 Å². The van der Waals surface area contributed by atoms with Gasteiger partial charge in [0.2, 0.25) is 11.9 Å². The highest BCUT2D eigenvalue weighted by molar-refractivity contribution is 6.24. The molecule has 0 radical (unpaired) electrons. The van der Waals surface area contributed by atoms with Gasteiger partial charge in [0.05, 0.1) is 26.3 Å². The second kappa shape index (κ2) is 8.29. The Morgan fingerprint density at radius 2 is 1.97 bits per heavy atom. The summed E-state index contributed by atoms with van der Waals surface area (Å²) in [6.45, 7) is 9.91. The molecule has 2 saturated heterocycles. The number of carbonyl (C=O) groups excluding carboxylic acids is 2. The molecule has 1 aromatic rings. The van der Waals surface area contributed by atoms with Crippen LogP contribution in [0.4, 0.5) is 10.5 Å². The van der Waals surface area contributed by atoms with E-state index in [1.165, 1.54) is 10.5 Å². The number of carbonyl (C=O) groups is 2. The number of benzene rings is 1. The van der Waals surface area contributed by atoms with Crippen LogP contribution in [-0.2, 0) is 9.53 Å². The van der Waals surface area contributed by atoms with Gasteiger partial charge in [0.15, 0.2) is 0 Å². The van der Waals surface area contributed by atoms with E-state index in [4.69, 9.17) is 9.73 Å². The Morgan fingerprint density at radius 1 is 1.19 bits per heavy atom. The van der Waals surface area contributed by atoms with Crippen LogP contribution in [0.5, 0.6) is 0 Å². The molecule has 32 heavy (non-hydrogen) atoms. The number of aliphatic imine (C=N–C) groups is 1. The number of amides is 3. The maximum atomic E-state index is 13.6. The SMILES string of the molecule is Cc1cccc(N2CC(C)C[N+]3=C2N=C2C3C(=O)N(CCN3CCOCC3)C(=O)N2C)c1. The molecule has 5 rings (SSSR count). The van der Waals surface area contributed by atoms with Crippen LogP contribution in [0.15, 0.2) is 29.3 Å². The first kappa shape index (κ1) is 21.1. The fraction of sp³-hybridized carbons (Fsp3) is 0.565. The number of likely N-dealkylation sites (N-methyl/N-ethyl adjacent to an activating group) is 1. The van der Waals surface area contributed by atoms with Gasteiger partial charge in [-0.25, -0.2) is 14.3 Å². The van der Waals surface area contributed by atoms with Crippen molar-refractivity contribution in [3.8, 4) is 0 Å². The van der Waals surface area contributed by atoms with E-state index in [2.05, 4.69) is 46.4 Å². The minimum absolute atomic E-state index is 0.173. The number of guanidine groups is 1. The van der Waals surface area contributed by atoms with Crippen molar-refractivity contribution in [2.75, 3.05) is 64.4 Å². The summed E-state index contributed by atoms with van der Waals surface area (Å²) >= 11 is 0. The van der Waals surface area contributed by atoms with Gasteiger partial charge < -0.3 is 4.74 Å². The first-order valence-electron chi connectivity index (χ1n) is 11.4. The third kappa shape index (κ3) is 3.59. The molecule has 9 nitrogen and oxygen atoms in total. The van der Waals surface area contributed by atoms with Gasteiger partial charge in [-0.2, -0.15) is 0 Å². The van der Waals surface area contributed by atoms with Gasteiger partial charge in [0.25, 0.3) is 5.91 Å². The summed E-state index contributed by atoms with van der Waals surface area (Å²) in [4.78, 5) is 38.9. The number of imide groups is 1. The van der Waals surface area contributed by atoms with Gasteiger partial charge in [-0.05, 0) is 24.6 Å². The summed E-state index contributed by atoms with van der Waals surface area (Å²) in [5, 5.41) is 0. The fourth-order valence-electron chi connectivity index (χ4n) is 4.98. The van der Waals surface area contributed by atoms with Crippen molar-refractivity contribution >= 4 is 29.4 Å². The molecule has 4 heterocycles. The largest absolute Gasteiger partial charge is 0.397 e. The molecular weight excluding hydrogens is 408 g/mol. The number of ether oxygens (including phenoxy) is 1. The van der Waals surface area contributed by atoms with Gasteiger partial charge in [-0.3, -0.25) is 19.5 Å². The number of amidine groups is 1. The fourth-order valence-corrected chi connectivity index (χ4v) is 4.98. The Labute approximate surface area is 188 Å². The molecule has 2 atom stereocenters. The third-order valence-corrected chi connectivity index (χ3v) is 6.69. The summed E-state index contributed by atoms with van der Waals surface area (Å²) in [6.07, 6.45) is 0. The van der Waals surface area contributed by atoms with Crippen LogP contribution in [0.2, 0.25) is 0 Å². The molecule has 0 aromatic heterocycles. The van der Waals surface area contributed by atoms with Gasteiger partial charge in [-0.1, -0.05) is 24.0 Å². The lowest BCUT2D eigenvalue weighted by molar-refractivity contribution is -0.545. The summed E-state index contributed by atoms with van der Waals surface area (Å²) in [7, 11) is 1.72.